The van der Waals surface area contributed by atoms with Gasteiger partial charge in [0.2, 0.25) is 0 Å². The minimum absolute atomic E-state index is 0.330. The van der Waals surface area contributed by atoms with Crippen molar-refractivity contribution in [3.63, 3.8) is 0 Å². The van der Waals surface area contributed by atoms with Crippen molar-refractivity contribution in [2.45, 2.75) is 6.42 Å². The molecular formula is C14H11N3O4. The molecule has 0 spiro atoms. The molecule has 0 atom stereocenters. The van der Waals surface area contributed by atoms with Crippen molar-refractivity contribution in [1.82, 2.24) is 0 Å². The van der Waals surface area contributed by atoms with Gasteiger partial charge in [-0.3, -0.25) is 0 Å². The van der Waals surface area contributed by atoms with Crippen LogP contribution in [0.2, 0.25) is 0 Å². The molecule has 0 saturated heterocycles. The second-order valence-corrected chi connectivity index (χ2v) is 4.20. The van der Waals surface area contributed by atoms with Gasteiger partial charge in [-0.15, -0.1) is 0 Å². The second kappa shape index (κ2) is 6.40. The van der Waals surface area contributed by atoms with Gasteiger partial charge in [0.1, 0.15) is 11.1 Å². The Balaban J connectivity index is 2.32. The van der Waals surface area contributed by atoms with Crippen molar-refractivity contribution in [1.29, 1.82) is 0 Å². The first-order valence-corrected chi connectivity index (χ1v) is 6.10. The summed E-state index contributed by atoms with van der Waals surface area (Å²) in [6, 6.07) is 6.36. The maximum absolute atomic E-state index is 11.4. The van der Waals surface area contributed by atoms with Crippen LogP contribution in [0.3, 0.4) is 0 Å². The summed E-state index contributed by atoms with van der Waals surface area (Å²) in [6.45, 7) is 0.374. The van der Waals surface area contributed by atoms with Crippen molar-refractivity contribution in [2.75, 3.05) is 6.54 Å². The number of fused-ring (bicyclic) bond motifs is 1. The highest BCUT2D eigenvalue weighted by molar-refractivity contribution is 5.92. The van der Waals surface area contributed by atoms with Gasteiger partial charge in [-0.25, -0.2) is 9.59 Å². The standard InChI is InChI=1S/C14H11N3O4/c15-17-16-6-2-1-3-9-4-5-12-10(7-9)8-11(13(18)19)14(20)21-12/h1,3-5,7-8H,2,6H2,(H,18,19). The van der Waals surface area contributed by atoms with Gasteiger partial charge in [-0.05, 0) is 35.7 Å². The molecule has 106 valence electrons. The van der Waals surface area contributed by atoms with Crippen LogP contribution in [-0.4, -0.2) is 17.6 Å². The summed E-state index contributed by atoms with van der Waals surface area (Å²) in [5.74, 6) is -1.32. The predicted octanol–water partition coefficient (Wildman–Crippen LogP) is 3.20. The molecule has 0 amide bonds. The van der Waals surface area contributed by atoms with E-state index in [1.165, 1.54) is 6.07 Å². The van der Waals surface area contributed by atoms with Crippen LogP contribution in [0, 0.1) is 0 Å². The summed E-state index contributed by atoms with van der Waals surface area (Å²) in [5.41, 5.74) is 8.04. The fraction of sp³-hybridized carbons (Fsp3) is 0.143. The Morgan fingerprint density at radius 2 is 2.24 bits per heavy atom. The summed E-state index contributed by atoms with van der Waals surface area (Å²) < 4.78 is 4.95. The van der Waals surface area contributed by atoms with Crippen LogP contribution in [0.5, 0.6) is 0 Å². The molecule has 2 rings (SSSR count). The van der Waals surface area contributed by atoms with Crippen LogP contribution < -0.4 is 5.63 Å². The van der Waals surface area contributed by atoms with Gasteiger partial charge in [0, 0.05) is 16.8 Å². The lowest BCUT2D eigenvalue weighted by atomic mass is 10.1. The molecule has 0 aliphatic rings. The monoisotopic (exact) mass is 285 g/mol. The smallest absolute Gasteiger partial charge is 0.351 e. The highest BCUT2D eigenvalue weighted by Gasteiger charge is 2.11. The summed E-state index contributed by atoms with van der Waals surface area (Å²) >= 11 is 0. The van der Waals surface area contributed by atoms with Crippen molar-refractivity contribution in [2.24, 2.45) is 5.11 Å². The average molecular weight is 285 g/mol. The van der Waals surface area contributed by atoms with Crippen LogP contribution >= 0.6 is 0 Å². The Morgan fingerprint density at radius 3 is 2.95 bits per heavy atom. The van der Waals surface area contributed by atoms with Gasteiger partial charge in [-0.1, -0.05) is 23.3 Å². The van der Waals surface area contributed by atoms with Gasteiger partial charge < -0.3 is 9.52 Å². The molecule has 0 unspecified atom stereocenters. The average Bonchev–Trinajstić information content (AvgIpc) is 2.46. The van der Waals surface area contributed by atoms with Crippen LogP contribution in [0.15, 0.2) is 44.7 Å². The Kier molecular flexibility index (Phi) is 4.38. The highest BCUT2D eigenvalue weighted by Crippen LogP contribution is 2.17. The Morgan fingerprint density at radius 1 is 1.43 bits per heavy atom. The summed E-state index contributed by atoms with van der Waals surface area (Å²) in [5, 5.41) is 12.8. The lowest BCUT2D eigenvalue weighted by molar-refractivity contribution is 0.0692. The van der Waals surface area contributed by atoms with Gasteiger partial charge >= 0.3 is 11.6 Å². The number of hydrogen-bond acceptors (Lipinski definition) is 4. The molecule has 0 saturated carbocycles. The zero-order valence-electron chi connectivity index (χ0n) is 10.9. The molecule has 7 nitrogen and oxygen atoms in total. The van der Waals surface area contributed by atoms with Crippen LogP contribution in [0.1, 0.15) is 22.3 Å². The fourth-order valence-corrected chi connectivity index (χ4v) is 1.79. The third kappa shape index (κ3) is 3.49. The fourth-order valence-electron chi connectivity index (χ4n) is 1.79. The molecule has 1 aromatic carbocycles. The van der Waals surface area contributed by atoms with E-state index in [-0.39, 0.29) is 0 Å². The summed E-state index contributed by atoms with van der Waals surface area (Å²) in [7, 11) is 0. The quantitative estimate of drug-likeness (QED) is 0.298. The van der Waals surface area contributed by atoms with Crippen molar-refractivity contribution in [3.05, 3.63) is 62.3 Å². The molecular weight excluding hydrogens is 274 g/mol. The van der Waals surface area contributed by atoms with Gasteiger partial charge in [0.25, 0.3) is 0 Å². The molecule has 0 aliphatic heterocycles. The molecule has 7 heteroatoms. The first-order chi connectivity index (χ1) is 10.1. The van der Waals surface area contributed by atoms with E-state index in [0.717, 1.165) is 5.56 Å². The number of carboxylic acid groups (broad SMARTS) is 1. The third-order valence-electron chi connectivity index (χ3n) is 2.76. The van der Waals surface area contributed by atoms with Gasteiger partial charge in [-0.2, -0.15) is 0 Å². The van der Waals surface area contributed by atoms with Crippen LogP contribution in [0.25, 0.3) is 27.5 Å². The van der Waals surface area contributed by atoms with E-state index in [1.807, 2.05) is 12.2 Å². The third-order valence-corrected chi connectivity index (χ3v) is 2.76. The molecule has 2 aromatic rings. The van der Waals surface area contributed by atoms with E-state index in [4.69, 9.17) is 15.1 Å². The largest absolute Gasteiger partial charge is 0.477 e. The molecule has 1 heterocycles. The van der Waals surface area contributed by atoms with E-state index >= 15 is 0 Å². The van der Waals surface area contributed by atoms with E-state index in [1.54, 1.807) is 18.2 Å². The minimum Gasteiger partial charge on any atom is -0.477 e. The highest BCUT2D eigenvalue weighted by atomic mass is 16.4. The zero-order chi connectivity index (χ0) is 15.2. The Hall–Kier alpha value is -3.05. The summed E-state index contributed by atoms with van der Waals surface area (Å²) in [4.78, 5) is 25.0. The number of hydrogen-bond donors (Lipinski definition) is 1. The lowest BCUT2D eigenvalue weighted by Gasteiger charge is -2.00. The Labute approximate surface area is 118 Å². The number of benzene rings is 1. The molecule has 0 fully saturated rings. The van der Waals surface area contributed by atoms with Gasteiger partial charge in [0.15, 0.2) is 0 Å². The topological polar surface area (TPSA) is 116 Å². The first kappa shape index (κ1) is 14.4. The molecule has 1 aromatic heterocycles. The minimum atomic E-state index is -1.32. The lowest BCUT2D eigenvalue weighted by Crippen LogP contribution is -2.12. The first-order valence-electron chi connectivity index (χ1n) is 6.10. The molecule has 0 bridgehead atoms. The second-order valence-electron chi connectivity index (χ2n) is 4.20. The number of aromatic carboxylic acids is 1. The van der Waals surface area contributed by atoms with E-state index in [2.05, 4.69) is 10.0 Å². The molecule has 0 radical (unpaired) electrons. The molecule has 1 N–H and O–H groups in total. The van der Waals surface area contributed by atoms with E-state index in [9.17, 15) is 9.59 Å². The number of rotatable bonds is 5. The number of azide groups is 1. The maximum atomic E-state index is 11.4. The maximum Gasteiger partial charge on any atom is 0.351 e. The Bertz CT molecular complexity index is 817. The SMILES string of the molecule is [N-]=[N+]=NCCC=Cc1ccc2oc(=O)c(C(=O)O)cc2c1. The van der Waals surface area contributed by atoms with Crippen LogP contribution in [-0.2, 0) is 0 Å². The summed E-state index contributed by atoms with van der Waals surface area (Å²) in [6.07, 6.45) is 4.26. The van der Waals surface area contributed by atoms with Crippen molar-refractivity contribution >= 4 is 23.0 Å². The number of nitrogens with zero attached hydrogens (tertiary/aromatic N) is 3. The van der Waals surface area contributed by atoms with Gasteiger partial charge in [0.05, 0.1) is 0 Å². The number of carbonyl (C=O) groups is 1. The molecule has 21 heavy (non-hydrogen) atoms. The van der Waals surface area contributed by atoms with E-state index < -0.39 is 17.2 Å². The zero-order valence-corrected chi connectivity index (χ0v) is 10.9. The van der Waals surface area contributed by atoms with E-state index in [0.29, 0.717) is 23.9 Å². The van der Waals surface area contributed by atoms with Crippen molar-refractivity contribution < 1.29 is 14.3 Å². The predicted molar refractivity (Wildman–Crippen MR) is 77.1 cm³/mol. The van der Waals surface area contributed by atoms with Crippen molar-refractivity contribution in [3.8, 4) is 0 Å². The van der Waals surface area contributed by atoms with Crippen LogP contribution in [0.4, 0.5) is 0 Å². The normalized spacial score (nSPS) is 10.7. The number of carboxylic acids is 1. The molecule has 0 aliphatic carbocycles.